The molecule has 0 bridgehead atoms. The molecule has 18 heavy (non-hydrogen) atoms. The van der Waals surface area contributed by atoms with Gasteiger partial charge in [0.05, 0.1) is 11.9 Å². The molecule has 1 aromatic heterocycles. The van der Waals surface area contributed by atoms with E-state index in [-0.39, 0.29) is 0 Å². The van der Waals surface area contributed by atoms with Gasteiger partial charge in [0.1, 0.15) is 0 Å². The van der Waals surface area contributed by atoms with E-state index in [0.717, 1.165) is 17.5 Å². The maximum Gasteiger partial charge on any atom is 0.0628 e. The van der Waals surface area contributed by atoms with Crippen LogP contribution in [0.2, 0.25) is 0 Å². The third kappa shape index (κ3) is 2.67. The summed E-state index contributed by atoms with van der Waals surface area (Å²) in [7, 11) is 0. The standard InChI is InChI=1S/C15H16N2S/c1-11-9-15(11)12-4-6-14(7-5-12)18-17-13-3-2-8-16-10-13/h2-8,10-11,15,17H,9H2,1H3. The molecule has 1 N–H and O–H groups in total. The second-order valence-corrected chi connectivity index (χ2v) is 5.71. The monoisotopic (exact) mass is 256 g/mol. The zero-order valence-corrected chi connectivity index (χ0v) is 11.2. The lowest BCUT2D eigenvalue weighted by molar-refractivity contribution is 0.913. The quantitative estimate of drug-likeness (QED) is 0.824. The highest BCUT2D eigenvalue weighted by Crippen LogP contribution is 2.46. The molecule has 2 nitrogen and oxygen atoms in total. The summed E-state index contributed by atoms with van der Waals surface area (Å²) in [5, 5.41) is 0. The summed E-state index contributed by atoms with van der Waals surface area (Å²) in [5.41, 5.74) is 2.51. The first kappa shape index (κ1) is 11.6. The molecule has 2 atom stereocenters. The maximum atomic E-state index is 4.08. The maximum absolute atomic E-state index is 4.08. The minimum atomic E-state index is 0.801. The van der Waals surface area contributed by atoms with Crippen LogP contribution in [0.1, 0.15) is 24.8 Å². The van der Waals surface area contributed by atoms with Gasteiger partial charge in [0.2, 0.25) is 0 Å². The number of nitrogens with one attached hydrogen (secondary N) is 1. The second kappa shape index (κ2) is 5.02. The molecule has 0 spiro atoms. The number of aromatic nitrogens is 1. The highest BCUT2D eigenvalue weighted by Gasteiger charge is 2.33. The van der Waals surface area contributed by atoms with Crippen molar-refractivity contribution in [3.8, 4) is 0 Å². The summed E-state index contributed by atoms with van der Waals surface area (Å²) in [4.78, 5) is 5.31. The normalized spacial score (nSPS) is 21.6. The first-order valence-electron chi connectivity index (χ1n) is 6.26. The van der Waals surface area contributed by atoms with Crippen molar-refractivity contribution in [2.75, 3.05) is 4.72 Å². The SMILES string of the molecule is CC1CC1c1ccc(SNc2cccnc2)cc1. The second-order valence-electron chi connectivity index (χ2n) is 4.83. The molecule has 1 aliphatic rings. The molecule has 1 fully saturated rings. The fourth-order valence-corrected chi connectivity index (χ4v) is 2.74. The Balaban J connectivity index is 1.60. The Hall–Kier alpha value is -1.48. The minimum absolute atomic E-state index is 0.801. The molecule has 2 unspecified atom stereocenters. The molecule has 0 aliphatic heterocycles. The van der Waals surface area contributed by atoms with Crippen molar-refractivity contribution in [1.29, 1.82) is 0 Å². The largest absolute Gasteiger partial charge is 0.324 e. The average molecular weight is 256 g/mol. The zero-order valence-electron chi connectivity index (χ0n) is 10.3. The molecule has 1 aromatic carbocycles. The van der Waals surface area contributed by atoms with Crippen LogP contribution in [0, 0.1) is 5.92 Å². The summed E-state index contributed by atoms with van der Waals surface area (Å²) < 4.78 is 3.29. The molecule has 0 amide bonds. The Morgan fingerprint density at radius 2 is 2.00 bits per heavy atom. The molecule has 1 heterocycles. The summed E-state index contributed by atoms with van der Waals surface area (Å²) in [6.45, 7) is 2.32. The summed E-state index contributed by atoms with van der Waals surface area (Å²) in [6.07, 6.45) is 4.95. The smallest absolute Gasteiger partial charge is 0.0628 e. The average Bonchev–Trinajstić information content (AvgIpc) is 3.15. The van der Waals surface area contributed by atoms with E-state index in [1.807, 2.05) is 18.3 Å². The predicted octanol–water partition coefficient (Wildman–Crippen LogP) is 4.32. The van der Waals surface area contributed by atoms with Gasteiger partial charge in [-0.3, -0.25) is 4.98 Å². The van der Waals surface area contributed by atoms with Crippen molar-refractivity contribution < 1.29 is 0 Å². The lowest BCUT2D eigenvalue weighted by Gasteiger charge is -2.05. The number of rotatable bonds is 4. The van der Waals surface area contributed by atoms with Crippen LogP contribution >= 0.6 is 11.9 Å². The molecule has 3 heteroatoms. The molecule has 0 saturated heterocycles. The molecule has 1 aliphatic carbocycles. The van der Waals surface area contributed by atoms with Crippen molar-refractivity contribution in [3.63, 3.8) is 0 Å². The van der Waals surface area contributed by atoms with Crippen LogP contribution in [0.4, 0.5) is 5.69 Å². The van der Waals surface area contributed by atoms with Crippen LogP contribution in [0.15, 0.2) is 53.7 Å². The summed E-state index contributed by atoms with van der Waals surface area (Å²) in [6, 6.07) is 12.8. The van der Waals surface area contributed by atoms with E-state index in [1.165, 1.54) is 16.9 Å². The van der Waals surface area contributed by atoms with E-state index in [4.69, 9.17) is 0 Å². The van der Waals surface area contributed by atoms with E-state index >= 15 is 0 Å². The van der Waals surface area contributed by atoms with E-state index in [0.29, 0.717) is 0 Å². The lowest BCUT2D eigenvalue weighted by atomic mass is 10.1. The van der Waals surface area contributed by atoms with Crippen molar-refractivity contribution in [1.82, 2.24) is 4.98 Å². The third-order valence-corrected chi connectivity index (χ3v) is 4.21. The van der Waals surface area contributed by atoms with Gasteiger partial charge in [0.25, 0.3) is 0 Å². The summed E-state index contributed by atoms with van der Waals surface area (Å²) >= 11 is 1.63. The predicted molar refractivity (Wildman–Crippen MR) is 76.7 cm³/mol. The van der Waals surface area contributed by atoms with Gasteiger partial charge in [-0.15, -0.1) is 0 Å². The third-order valence-electron chi connectivity index (χ3n) is 3.37. The van der Waals surface area contributed by atoms with Crippen LogP contribution in [0.25, 0.3) is 0 Å². The number of nitrogens with zero attached hydrogens (tertiary/aromatic N) is 1. The highest BCUT2D eigenvalue weighted by atomic mass is 32.2. The molecule has 3 rings (SSSR count). The van der Waals surface area contributed by atoms with Gasteiger partial charge in [0, 0.05) is 11.1 Å². The minimum Gasteiger partial charge on any atom is -0.324 e. The van der Waals surface area contributed by atoms with Gasteiger partial charge in [0.15, 0.2) is 0 Å². The van der Waals surface area contributed by atoms with Gasteiger partial charge < -0.3 is 4.72 Å². The Morgan fingerprint density at radius 3 is 2.61 bits per heavy atom. The van der Waals surface area contributed by atoms with E-state index in [2.05, 4.69) is 40.9 Å². The fourth-order valence-electron chi connectivity index (χ4n) is 2.11. The highest BCUT2D eigenvalue weighted by molar-refractivity contribution is 8.00. The molecule has 0 radical (unpaired) electrons. The van der Waals surface area contributed by atoms with Gasteiger partial charge >= 0.3 is 0 Å². The van der Waals surface area contributed by atoms with Crippen LogP contribution < -0.4 is 4.72 Å². The van der Waals surface area contributed by atoms with Crippen molar-refractivity contribution in [2.24, 2.45) is 5.92 Å². The fraction of sp³-hybridized carbons (Fsp3) is 0.267. The number of anilines is 1. The molecular formula is C15H16N2S. The number of pyridine rings is 1. The zero-order chi connectivity index (χ0) is 12.4. The van der Waals surface area contributed by atoms with Crippen molar-refractivity contribution in [2.45, 2.75) is 24.2 Å². The first-order chi connectivity index (χ1) is 8.83. The number of benzene rings is 1. The Labute approximate surface area is 112 Å². The topological polar surface area (TPSA) is 24.9 Å². The van der Waals surface area contributed by atoms with E-state index in [1.54, 1.807) is 18.1 Å². The van der Waals surface area contributed by atoms with Crippen LogP contribution in [0.5, 0.6) is 0 Å². The van der Waals surface area contributed by atoms with Gasteiger partial charge in [-0.25, -0.2) is 0 Å². The Morgan fingerprint density at radius 1 is 1.22 bits per heavy atom. The molecule has 2 aromatic rings. The van der Waals surface area contributed by atoms with E-state index in [9.17, 15) is 0 Å². The van der Waals surface area contributed by atoms with Gasteiger partial charge in [-0.2, -0.15) is 0 Å². The molecule has 92 valence electrons. The first-order valence-corrected chi connectivity index (χ1v) is 7.07. The number of hydrogen-bond donors (Lipinski definition) is 1. The number of hydrogen-bond acceptors (Lipinski definition) is 3. The van der Waals surface area contributed by atoms with Crippen LogP contribution in [-0.2, 0) is 0 Å². The van der Waals surface area contributed by atoms with Crippen molar-refractivity contribution >= 4 is 17.6 Å². The summed E-state index contributed by atoms with van der Waals surface area (Å²) in [5.74, 6) is 1.67. The van der Waals surface area contributed by atoms with Crippen LogP contribution in [0.3, 0.4) is 0 Å². The Kier molecular flexibility index (Phi) is 3.24. The molecular weight excluding hydrogens is 240 g/mol. The molecule has 1 saturated carbocycles. The lowest BCUT2D eigenvalue weighted by Crippen LogP contribution is -1.87. The van der Waals surface area contributed by atoms with Crippen LogP contribution in [-0.4, -0.2) is 4.98 Å². The van der Waals surface area contributed by atoms with Gasteiger partial charge in [-0.1, -0.05) is 19.1 Å². The van der Waals surface area contributed by atoms with E-state index < -0.39 is 0 Å². The Bertz CT molecular complexity index is 510. The van der Waals surface area contributed by atoms with Crippen molar-refractivity contribution in [3.05, 3.63) is 54.4 Å². The van der Waals surface area contributed by atoms with Gasteiger partial charge in [-0.05, 0) is 60.0 Å².